The number of nitrogens with zero attached hydrogens (tertiary/aromatic N) is 1. The highest BCUT2D eigenvalue weighted by Gasteiger charge is 2.17. The molecular weight excluding hydrogens is 610 g/mol. The van der Waals surface area contributed by atoms with Crippen molar-refractivity contribution in [3.63, 3.8) is 0 Å². The number of nitro benzene ring substituents is 1. The second kappa shape index (κ2) is 34.3. The van der Waals surface area contributed by atoms with Gasteiger partial charge in [0, 0.05) is 12.1 Å². The second-order valence-corrected chi connectivity index (χ2v) is 14.7. The van der Waals surface area contributed by atoms with E-state index in [0.29, 0.717) is 0 Å². The lowest BCUT2D eigenvalue weighted by Crippen LogP contribution is -2.21. The molecule has 6 nitrogen and oxygen atoms in total. The van der Waals surface area contributed by atoms with Gasteiger partial charge >= 0.3 is 6.16 Å². The van der Waals surface area contributed by atoms with Gasteiger partial charge in [-0.05, 0) is 37.8 Å². The van der Waals surface area contributed by atoms with Crippen molar-refractivity contribution < 1.29 is 19.2 Å². The van der Waals surface area contributed by atoms with Crippen LogP contribution in [0.4, 0.5) is 10.5 Å². The fraction of sp³-hybridized carbons (Fsp3) is 0.837. The lowest BCUT2D eigenvalue weighted by molar-refractivity contribution is -0.384. The van der Waals surface area contributed by atoms with Gasteiger partial charge in [-0.3, -0.25) is 10.1 Å². The highest BCUT2D eigenvalue weighted by molar-refractivity contribution is 5.64. The maximum Gasteiger partial charge on any atom is 0.514 e. The molecule has 6 heteroatoms. The topological polar surface area (TPSA) is 78.7 Å². The van der Waals surface area contributed by atoms with Crippen LogP contribution in [-0.2, 0) is 4.74 Å². The average molecular weight is 688 g/mol. The first-order chi connectivity index (χ1) is 24.1. The summed E-state index contributed by atoms with van der Waals surface area (Å²) in [6.07, 6.45) is 42.4. The molecule has 0 saturated heterocycles. The van der Waals surface area contributed by atoms with Gasteiger partial charge in [0.1, 0.15) is 11.9 Å². The summed E-state index contributed by atoms with van der Waals surface area (Å²) < 4.78 is 11.1. The van der Waals surface area contributed by atoms with Crippen molar-refractivity contribution >= 4 is 11.8 Å². The van der Waals surface area contributed by atoms with Gasteiger partial charge in [-0.25, -0.2) is 4.79 Å². The maximum absolute atomic E-state index is 12.6. The smallest absolute Gasteiger partial charge is 0.431 e. The molecule has 284 valence electrons. The predicted octanol–water partition coefficient (Wildman–Crippen LogP) is 15.4. The minimum absolute atomic E-state index is 0.0322. The largest absolute Gasteiger partial charge is 0.514 e. The Morgan fingerprint density at radius 3 is 1.08 bits per heavy atom. The van der Waals surface area contributed by atoms with Gasteiger partial charge in [0.05, 0.1) is 4.92 Å². The van der Waals surface area contributed by atoms with Crippen LogP contribution in [0.25, 0.3) is 0 Å². The van der Waals surface area contributed by atoms with Crippen molar-refractivity contribution in [3.8, 4) is 5.75 Å². The Hall–Kier alpha value is -2.11. The van der Waals surface area contributed by atoms with E-state index in [1.807, 2.05) is 0 Å². The predicted molar refractivity (Wildman–Crippen MR) is 208 cm³/mol. The highest BCUT2D eigenvalue weighted by Crippen LogP contribution is 2.21. The summed E-state index contributed by atoms with van der Waals surface area (Å²) >= 11 is 0. The van der Waals surface area contributed by atoms with E-state index in [-0.39, 0.29) is 17.5 Å². The molecule has 0 aliphatic carbocycles. The zero-order valence-electron chi connectivity index (χ0n) is 32.2. The lowest BCUT2D eigenvalue weighted by Gasteiger charge is -2.18. The number of carbonyl (C=O) groups is 1. The van der Waals surface area contributed by atoms with E-state index in [1.165, 1.54) is 210 Å². The molecular formula is C43H77NO5. The third-order valence-electron chi connectivity index (χ3n) is 10.0. The normalized spacial score (nSPS) is 11.9. The summed E-state index contributed by atoms with van der Waals surface area (Å²) in [5.74, 6) is 0.267. The first-order valence-electron chi connectivity index (χ1n) is 21.2. The molecule has 0 spiro atoms. The number of hydrogen-bond acceptors (Lipinski definition) is 5. The van der Waals surface area contributed by atoms with E-state index in [4.69, 9.17) is 9.47 Å². The molecule has 49 heavy (non-hydrogen) atoms. The van der Waals surface area contributed by atoms with E-state index in [0.717, 1.165) is 25.7 Å². The molecule has 0 radical (unpaired) electrons. The van der Waals surface area contributed by atoms with Crippen LogP contribution in [-0.4, -0.2) is 17.2 Å². The molecule has 1 atom stereocenters. The fourth-order valence-corrected chi connectivity index (χ4v) is 6.82. The molecule has 0 fully saturated rings. The Morgan fingerprint density at radius 1 is 0.510 bits per heavy atom. The van der Waals surface area contributed by atoms with Gasteiger partial charge in [-0.1, -0.05) is 200 Å². The van der Waals surface area contributed by atoms with Gasteiger partial charge in [0.15, 0.2) is 0 Å². The zero-order valence-corrected chi connectivity index (χ0v) is 32.2. The third kappa shape index (κ3) is 29.3. The number of non-ortho nitro benzene ring substituents is 1. The van der Waals surface area contributed by atoms with Gasteiger partial charge in [-0.2, -0.15) is 0 Å². The van der Waals surface area contributed by atoms with Crippen molar-refractivity contribution in [3.05, 3.63) is 34.4 Å². The molecule has 0 aliphatic heterocycles. The molecule has 1 aromatic carbocycles. The van der Waals surface area contributed by atoms with Crippen molar-refractivity contribution in [2.24, 2.45) is 0 Å². The molecule has 0 saturated carbocycles. The number of nitro groups is 1. The van der Waals surface area contributed by atoms with Gasteiger partial charge in [-0.15, -0.1) is 0 Å². The van der Waals surface area contributed by atoms with Crippen LogP contribution in [0.5, 0.6) is 5.75 Å². The second-order valence-electron chi connectivity index (χ2n) is 14.7. The molecule has 0 bridgehead atoms. The maximum atomic E-state index is 12.6. The van der Waals surface area contributed by atoms with E-state index in [9.17, 15) is 14.9 Å². The fourth-order valence-electron chi connectivity index (χ4n) is 6.82. The SMILES string of the molecule is CCCCCCCCCCCCCCCCCCC(CCCCCCCCCCCCCCCCC)OC(=O)Oc1ccc([N+](=O)[O-])cc1. The number of rotatable bonds is 36. The summed E-state index contributed by atoms with van der Waals surface area (Å²) in [7, 11) is 0. The summed E-state index contributed by atoms with van der Waals surface area (Å²) in [5.41, 5.74) is -0.0322. The van der Waals surface area contributed by atoms with Crippen molar-refractivity contribution in [2.75, 3.05) is 0 Å². The number of hydrogen-bond donors (Lipinski definition) is 0. The zero-order chi connectivity index (χ0) is 35.5. The van der Waals surface area contributed by atoms with Crippen molar-refractivity contribution in [1.29, 1.82) is 0 Å². The van der Waals surface area contributed by atoms with Crippen LogP contribution in [0.15, 0.2) is 24.3 Å². The number of carbonyl (C=O) groups excluding carboxylic acids is 1. The van der Waals surface area contributed by atoms with Gasteiger partial charge < -0.3 is 9.47 Å². The Morgan fingerprint density at radius 2 is 0.796 bits per heavy atom. The van der Waals surface area contributed by atoms with E-state index in [1.54, 1.807) is 0 Å². The summed E-state index contributed by atoms with van der Waals surface area (Å²) in [6, 6.07) is 5.57. The van der Waals surface area contributed by atoms with Crippen LogP contribution >= 0.6 is 0 Å². The molecule has 1 aromatic rings. The Kier molecular flexibility index (Phi) is 31.5. The van der Waals surface area contributed by atoms with Crippen LogP contribution in [0.1, 0.15) is 226 Å². The van der Waals surface area contributed by atoms with E-state index >= 15 is 0 Å². The molecule has 0 aromatic heterocycles. The average Bonchev–Trinajstić information content (AvgIpc) is 3.09. The van der Waals surface area contributed by atoms with E-state index < -0.39 is 11.1 Å². The molecule has 0 N–H and O–H groups in total. The highest BCUT2D eigenvalue weighted by atomic mass is 16.7. The van der Waals surface area contributed by atoms with Gasteiger partial charge in [0.2, 0.25) is 0 Å². The first kappa shape index (κ1) is 44.9. The molecule has 0 amide bonds. The quantitative estimate of drug-likeness (QED) is 0.0231. The van der Waals surface area contributed by atoms with Crippen molar-refractivity contribution in [2.45, 2.75) is 232 Å². The minimum atomic E-state index is -0.712. The first-order valence-corrected chi connectivity index (χ1v) is 21.2. The van der Waals surface area contributed by atoms with Crippen LogP contribution < -0.4 is 4.74 Å². The van der Waals surface area contributed by atoms with Crippen LogP contribution in [0.2, 0.25) is 0 Å². The van der Waals surface area contributed by atoms with Gasteiger partial charge in [0.25, 0.3) is 5.69 Å². The van der Waals surface area contributed by atoms with Crippen LogP contribution in [0.3, 0.4) is 0 Å². The van der Waals surface area contributed by atoms with E-state index in [2.05, 4.69) is 13.8 Å². The lowest BCUT2D eigenvalue weighted by atomic mass is 10.0. The Labute approximate surface area is 302 Å². The standard InChI is InChI=1S/C43H77NO5/c1-3-5-7-9-11-13-15-17-19-21-23-25-27-29-31-33-35-41(48-43(45)49-42-38-36-40(37-39-42)44(46)47)34-32-30-28-26-24-22-20-18-16-14-12-10-8-6-4-2/h36-39,41H,3-35H2,1-2H3. The number of ether oxygens (including phenoxy) is 2. The summed E-state index contributed by atoms with van der Waals surface area (Å²) in [5, 5.41) is 10.9. The number of unbranched alkanes of at least 4 members (excludes halogenated alkanes) is 29. The molecule has 0 heterocycles. The number of benzene rings is 1. The summed E-state index contributed by atoms with van der Waals surface area (Å²) in [6.45, 7) is 4.56. The summed E-state index contributed by atoms with van der Waals surface area (Å²) in [4.78, 5) is 23.1. The minimum Gasteiger partial charge on any atom is -0.431 e. The molecule has 1 rings (SSSR count). The Bertz CT molecular complexity index is 873. The Balaban J connectivity index is 2.20. The third-order valence-corrected chi connectivity index (χ3v) is 10.0. The molecule has 1 unspecified atom stereocenters. The van der Waals surface area contributed by atoms with Crippen LogP contribution in [0, 0.1) is 10.1 Å². The monoisotopic (exact) mass is 688 g/mol. The van der Waals surface area contributed by atoms with Crippen molar-refractivity contribution in [1.82, 2.24) is 0 Å². The molecule has 0 aliphatic rings.